The molecule has 3 aromatic rings. The molecule has 0 spiro atoms. The van der Waals surface area contributed by atoms with Crippen molar-refractivity contribution in [1.82, 2.24) is 14.7 Å². The lowest BCUT2D eigenvalue weighted by molar-refractivity contribution is -0.126. The Hall–Kier alpha value is -2.85. The summed E-state index contributed by atoms with van der Waals surface area (Å²) < 4.78 is 1.84. The second-order valence-corrected chi connectivity index (χ2v) is 7.38. The third-order valence-electron chi connectivity index (χ3n) is 4.95. The number of carbonyl (C=O) groups excluding carboxylic acids is 1. The normalized spacial score (nSPS) is 14.5. The lowest BCUT2D eigenvalue weighted by Gasteiger charge is -2.25. The quantitative estimate of drug-likeness (QED) is 0.572. The molecule has 4 nitrogen and oxygen atoms in total. The number of benzene rings is 2. The van der Waals surface area contributed by atoms with Gasteiger partial charge in [-0.3, -0.25) is 4.79 Å². The zero-order valence-electron chi connectivity index (χ0n) is 15.6. The molecular formula is C23H22ClN3O. The van der Waals surface area contributed by atoms with Gasteiger partial charge >= 0.3 is 0 Å². The van der Waals surface area contributed by atoms with Gasteiger partial charge < -0.3 is 4.90 Å². The molecule has 142 valence electrons. The number of hydrogen-bond acceptors (Lipinski definition) is 2. The van der Waals surface area contributed by atoms with Crippen molar-refractivity contribution >= 4 is 23.6 Å². The molecule has 0 atom stereocenters. The van der Waals surface area contributed by atoms with Gasteiger partial charge in [0, 0.05) is 41.5 Å². The minimum absolute atomic E-state index is 0.0641. The second kappa shape index (κ2) is 8.44. The van der Waals surface area contributed by atoms with Crippen molar-refractivity contribution in [2.24, 2.45) is 0 Å². The van der Waals surface area contributed by atoms with Gasteiger partial charge in [0.15, 0.2) is 0 Å². The maximum atomic E-state index is 12.5. The average molecular weight is 392 g/mol. The average Bonchev–Trinajstić information content (AvgIpc) is 3.18. The van der Waals surface area contributed by atoms with Crippen molar-refractivity contribution in [3.8, 4) is 16.9 Å². The minimum Gasteiger partial charge on any atom is -0.339 e. The van der Waals surface area contributed by atoms with Crippen LogP contribution in [0.3, 0.4) is 0 Å². The summed E-state index contributed by atoms with van der Waals surface area (Å²) in [5.74, 6) is 0.0641. The van der Waals surface area contributed by atoms with E-state index in [4.69, 9.17) is 16.7 Å². The van der Waals surface area contributed by atoms with Crippen LogP contribution in [0.25, 0.3) is 23.0 Å². The Morgan fingerprint density at radius 2 is 1.68 bits per heavy atom. The van der Waals surface area contributed by atoms with E-state index >= 15 is 0 Å². The summed E-state index contributed by atoms with van der Waals surface area (Å²) in [5.41, 5.74) is 3.66. The highest BCUT2D eigenvalue weighted by molar-refractivity contribution is 6.30. The van der Waals surface area contributed by atoms with Gasteiger partial charge in [-0.15, -0.1) is 0 Å². The lowest BCUT2D eigenvalue weighted by Crippen LogP contribution is -2.34. The molecule has 1 aliphatic heterocycles. The number of hydrogen-bond donors (Lipinski definition) is 0. The Bertz CT molecular complexity index is 971. The van der Waals surface area contributed by atoms with Crippen LogP contribution in [-0.2, 0) is 4.79 Å². The van der Waals surface area contributed by atoms with Crippen LogP contribution in [0, 0.1) is 0 Å². The fraction of sp³-hybridized carbons (Fsp3) is 0.217. The number of aromatic nitrogens is 2. The summed E-state index contributed by atoms with van der Waals surface area (Å²) >= 11 is 6.04. The van der Waals surface area contributed by atoms with Crippen molar-refractivity contribution in [2.75, 3.05) is 13.1 Å². The van der Waals surface area contributed by atoms with Crippen molar-refractivity contribution in [3.05, 3.63) is 77.5 Å². The minimum atomic E-state index is 0.0641. The Kier molecular flexibility index (Phi) is 5.58. The molecule has 1 amide bonds. The van der Waals surface area contributed by atoms with E-state index in [1.165, 1.54) is 6.42 Å². The van der Waals surface area contributed by atoms with E-state index in [9.17, 15) is 4.79 Å². The van der Waals surface area contributed by atoms with Crippen molar-refractivity contribution < 1.29 is 4.79 Å². The molecule has 0 radical (unpaired) electrons. The number of para-hydroxylation sites is 1. The molecule has 28 heavy (non-hydrogen) atoms. The number of nitrogens with zero attached hydrogens (tertiary/aromatic N) is 3. The maximum Gasteiger partial charge on any atom is 0.246 e. The van der Waals surface area contributed by atoms with Crippen LogP contribution >= 0.6 is 11.6 Å². The number of rotatable bonds is 4. The highest BCUT2D eigenvalue weighted by Crippen LogP contribution is 2.26. The maximum absolute atomic E-state index is 12.5. The summed E-state index contributed by atoms with van der Waals surface area (Å²) in [5, 5.41) is 5.45. The van der Waals surface area contributed by atoms with Crippen molar-refractivity contribution in [3.63, 3.8) is 0 Å². The predicted octanol–water partition coefficient (Wildman–Crippen LogP) is 5.22. The fourth-order valence-electron chi connectivity index (χ4n) is 3.44. The van der Waals surface area contributed by atoms with Gasteiger partial charge in [-0.2, -0.15) is 5.10 Å². The molecule has 1 saturated heterocycles. The fourth-order valence-corrected chi connectivity index (χ4v) is 3.56. The Morgan fingerprint density at radius 3 is 2.39 bits per heavy atom. The standard InChI is InChI=1S/C23H22ClN3O/c24-20-12-9-18(10-13-20)23-19(11-14-22(28)26-15-5-2-6-16-26)17-27(25-23)21-7-3-1-4-8-21/h1,3-4,7-14,17H,2,5-6,15-16H2/b14-11-. The van der Waals surface area contributed by atoms with Gasteiger partial charge in [0.1, 0.15) is 0 Å². The van der Waals surface area contributed by atoms with Crippen LogP contribution in [0.2, 0.25) is 5.02 Å². The highest BCUT2D eigenvalue weighted by atomic mass is 35.5. The zero-order chi connectivity index (χ0) is 19.3. The molecule has 2 aromatic carbocycles. The molecule has 0 aliphatic carbocycles. The molecule has 4 rings (SSSR count). The summed E-state index contributed by atoms with van der Waals surface area (Å²) in [6.07, 6.45) is 8.87. The zero-order valence-corrected chi connectivity index (χ0v) is 16.3. The molecule has 2 heterocycles. The number of halogens is 1. The van der Waals surface area contributed by atoms with E-state index in [0.29, 0.717) is 5.02 Å². The van der Waals surface area contributed by atoms with Crippen LogP contribution in [0.4, 0.5) is 0 Å². The first kappa shape index (κ1) is 18.5. The van der Waals surface area contributed by atoms with Crippen LogP contribution in [0.15, 0.2) is 66.9 Å². The van der Waals surface area contributed by atoms with E-state index in [2.05, 4.69) is 0 Å². The van der Waals surface area contributed by atoms with E-state index < -0.39 is 0 Å². The number of amides is 1. The number of carbonyl (C=O) groups is 1. The van der Waals surface area contributed by atoms with Gasteiger partial charge in [0.2, 0.25) is 5.91 Å². The number of piperidine rings is 1. The molecule has 1 aromatic heterocycles. The summed E-state index contributed by atoms with van der Waals surface area (Å²) in [7, 11) is 0. The van der Waals surface area contributed by atoms with Crippen LogP contribution < -0.4 is 0 Å². The Labute approximate surface area is 170 Å². The first-order valence-electron chi connectivity index (χ1n) is 9.59. The Balaban J connectivity index is 1.67. The van der Waals surface area contributed by atoms with E-state index in [1.54, 1.807) is 6.08 Å². The van der Waals surface area contributed by atoms with E-state index in [-0.39, 0.29) is 5.91 Å². The Morgan fingerprint density at radius 1 is 0.964 bits per heavy atom. The molecule has 1 aliphatic rings. The molecule has 0 unspecified atom stereocenters. The summed E-state index contributed by atoms with van der Waals surface area (Å²) in [6.45, 7) is 1.69. The monoisotopic (exact) mass is 391 g/mol. The van der Waals surface area contributed by atoms with Gasteiger partial charge in [0.05, 0.1) is 11.4 Å². The molecule has 0 saturated carbocycles. The topological polar surface area (TPSA) is 38.1 Å². The van der Waals surface area contributed by atoms with Gasteiger partial charge in [0.25, 0.3) is 0 Å². The first-order chi connectivity index (χ1) is 13.7. The predicted molar refractivity (Wildman–Crippen MR) is 113 cm³/mol. The van der Waals surface area contributed by atoms with Gasteiger partial charge in [-0.1, -0.05) is 41.9 Å². The van der Waals surface area contributed by atoms with Crippen molar-refractivity contribution in [2.45, 2.75) is 19.3 Å². The van der Waals surface area contributed by atoms with Crippen LogP contribution in [0.1, 0.15) is 24.8 Å². The van der Waals surface area contributed by atoms with Gasteiger partial charge in [-0.25, -0.2) is 4.68 Å². The number of likely N-dealkylation sites (tertiary alicyclic amines) is 1. The van der Waals surface area contributed by atoms with Crippen LogP contribution in [0.5, 0.6) is 0 Å². The largest absolute Gasteiger partial charge is 0.339 e. The molecule has 1 fully saturated rings. The van der Waals surface area contributed by atoms with Crippen molar-refractivity contribution in [1.29, 1.82) is 0 Å². The summed E-state index contributed by atoms with van der Waals surface area (Å²) in [6, 6.07) is 17.5. The second-order valence-electron chi connectivity index (χ2n) is 6.94. The smallest absolute Gasteiger partial charge is 0.246 e. The van der Waals surface area contributed by atoms with E-state index in [0.717, 1.165) is 48.4 Å². The highest BCUT2D eigenvalue weighted by Gasteiger charge is 2.15. The molecule has 0 N–H and O–H groups in total. The first-order valence-corrected chi connectivity index (χ1v) is 9.96. The molecule has 0 bridgehead atoms. The molecule has 5 heteroatoms. The van der Waals surface area contributed by atoms with Gasteiger partial charge in [-0.05, 0) is 49.6 Å². The van der Waals surface area contributed by atoms with Crippen LogP contribution in [-0.4, -0.2) is 33.7 Å². The van der Waals surface area contributed by atoms with E-state index in [1.807, 2.05) is 76.5 Å². The third-order valence-corrected chi connectivity index (χ3v) is 5.21. The lowest BCUT2D eigenvalue weighted by atomic mass is 10.1. The molecular weight excluding hydrogens is 370 g/mol. The SMILES string of the molecule is O=C(/C=C\c1cn(-c2ccccc2)nc1-c1ccc(Cl)cc1)N1CCCCC1. The summed E-state index contributed by atoms with van der Waals surface area (Å²) in [4.78, 5) is 14.5. The third kappa shape index (κ3) is 4.18.